The molecular weight excluding hydrogens is 644 g/mol. The van der Waals surface area contributed by atoms with Crippen LogP contribution >= 0.6 is 0 Å². The van der Waals surface area contributed by atoms with Gasteiger partial charge in [0.1, 0.15) is 35.2 Å². The first-order valence-electron chi connectivity index (χ1n) is 18.1. The zero-order chi connectivity index (χ0) is 36.7. The molecule has 2 N–H and O–H groups in total. The molecule has 3 heterocycles. The minimum atomic E-state index is -0.577. The molecule has 0 bridgehead atoms. The van der Waals surface area contributed by atoms with Crippen molar-refractivity contribution in [3.63, 3.8) is 0 Å². The lowest BCUT2D eigenvalue weighted by molar-refractivity contribution is 0.0146. The van der Waals surface area contributed by atoms with Crippen molar-refractivity contribution in [1.82, 2.24) is 29.7 Å². The van der Waals surface area contributed by atoms with Gasteiger partial charge in [-0.2, -0.15) is 0 Å². The molecule has 0 fully saturated rings. The van der Waals surface area contributed by atoms with E-state index >= 15 is 0 Å². The number of hydrogen-bond donors (Lipinski definition) is 2. The third kappa shape index (κ3) is 8.08. The summed E-state index contributed by atoms with van der Waals surface area (Å²) in [6.45, 7) is 19.1. The maximum Gasteiger partial charge on any atom is 0.410 e. The predicted molar refractivity (Wildman–Crippen MR) is 197 cm³/mol. The van der Waals surface area contributed by atoms with Crippen LogP contribution in [0.25, 0.3) is 33.6 Å². The van der Waals surface area contributed by atoms with Crippen molar-refractivity contribution in [2.24, 2.45) is 0 Å². The number of rotatable bonds is 9. The van der Waals surface area contributed by atoms with Gasteiger partial charge in [-0.3, -0.25) is 4.90 Å². The molecule has 1 atom stereocenters. The number of ether oxygens (including phenoxy) is 3. The molecule has 51 heavy (non-hydrogen) atoms. The Labute approximate surface area is 301 Å². The summed E-state index contributed by atoms with van der Waals surface area (Å²) in [6, 6.07) is 10.8. The van der Waals surface area contributed by atoms with Gasteiger partial charge in [0.25, 0.3) is 0 Å². The van der Waals surface area contributed by atoms with Gasteiger partial charge in [-0.05, 0) is 115 Å². The number of amides is 2. The number of fused-ring (bicyclic) bond motifs is 6. The van der Waals surface area contributed by atoms with Crippen LogP contribution in [0.2, 0.25) is 0 Å². The Bertz CT molecular complexity index is 1910. The standard InChI is InChI=1S/C40H52N6O5/c1-10-16-45(37(47)50-39(4,5)6)21-35-42-31-15-13-25-18-30-28-14-12-26(17-27(28)23-49-33(30)19-29(25)36(31)44-35)32-20-41-34(43-32)22-46(24(3)11-2)38(48)51-40(7,8)9/h12,14,17-20,24H,10-11,13,15-16,21-23H2,1-9H3,(H,41,43)(H,42,44)/t24-/m0/s1. The maximum atomic E-state index is 13.0. The molecule has 272 valence electrons. The topological polar surface area (TPSA) is 126 Å². The minimum Gasteiger partial charge on any atom is -0.488 e. The Hall–Kier alpha value is -4.80. The highest BCUT2D eigenvalue weighted by Crippen LogP contribution is 2.44. The third-order valence-corrected chi connectivity index (χ3v) is 9.21. The number of carbonyl (C=O) groups is 2. The second-order valence-electron chi connectivity index (χ2n) is 15.7. The van der Waals surface area contributed by atoms with Crippen LogP contribution in [0.3, 0.4) is 0 Å². The van der Waals surface area contributed by atoms with Gasteiger partial charge in [0, 0.05) is 29.4 Å². The minimum absolute atomic E-state index is 0.00194. The molecule has 1 aliphatic heterocycles. The summed E-state index contributed by atoms with van der Waals surface area (Å²) in [4.78, 5) is 45.9. The number of imidazole rings is 2. The zero-order valence-electron chi connectivity index (χ0n) is 31.5. The molecule has 2 amide bonds. The van der Waals surface area contributed by atoms with Crippen molar-refractivity contribution in [2.45, 2.75) is 125 Å². The highest BCUT2D eigenvalue weighted by molar-refractivity contribution is 5.83. The van der Waals surface area contributed by atoms with Crippen molar-refractivity contribution in [3.05, 3.63) is 65.0 Å². The maximum absolute atomic E-state index is 13.0. The lowest BCUT2D eigenvalue weighted by Crippen LogP contribution is -2.41. The molecule has 0 radical (unpaired) electrons. The lowest BCUT2D eigenvalue weighted by Gasteiger charge is -2.30. The molecule has 11 nitrogen and oxygen atoms in total. The summed E-state index contributed by atoms with van der Waals surface area (Å²) in [6.07, 6.45) is 4.49. The van der Waals surface area contributed by atoms with Gasteiger partial charge in [0.15, 0.2) is 0 Å². The molecule has 11 heteroatoms. The first-order valence-corrected chi connectivity index (χ1v) is 18.1. The van der Waals surface area contributed by atoms with Gasteiger partial charge in [-0.15, -0.1) is 0 Å². The number of H-pyrrole nitrogens is 2. The van der Waals surface area contributed by atoms with Crippen molar-refractivity contribution >= 4 is 12.2 Å². The van der Waals surface area contributed by atoms with Gasteiger partial charge in [-0.1, -0.05) is 26.0 Å². The fourth-order valence-corrected chi connectivity index (χ4v) is 6.59. The Morgan fingerprint density at radius 1 is 0.882 bits per heavy atom. The number of hydrogen-bond acceptors (Lipinski definition) is 7. The summed E-state index contributed by atoms with van der Waals surface area (Å²) in [7, 11) is 0. The number of carbonyl (C=O) groups excluding carboxylic acids is 2. The molecule has 2 aliphatic rings. The fourth-order valence-electron chi connectivity index (χ4n) is 6.59. The molecule has 4 aromatic rings. The van der Waals surface area contributed by atoms with E-state index in [9.17, 15) is 9.59 Å². The summed E-state index contributed by atoms with van der Waals surface area (Å²) < 4.78 is 17.7. The summed E-state index contributed by atoms with van der Waals surface area (Å²) >= 11 is 0. The molecule has 1 aliphatic carbocycles. The molecular formula is C40H52N6O5. The normalized spacial score (nSPS) is 14.0. The van der Waals surface area contributed by atoms with Crippen LogP contribution in [0.1, 0.15) is 104 Å². The third-order valence-electron chi connectivity index (χ3n) is 9.21. The van der Waals surface area contributed by atoms with E-state index in [4.69, 9.17) is 19.2 Å². The number of nitrogens with zero attached hydrogens (tertiary/aromatic N) is 4. The molecule has 0 unspecified atom stereocenters. The fraction of sp³-hybridized carbons (Fsp3) is 0.500. The predicted octanol–water partition coefficient (Wildman–Crippen LogP) is 8.81. The van der Waals surface area contributed by atoms with Gasteiger partial charge >= 0.3 is 12.2 Å². The van der Waals surface area contributed by atoms with E-state index in [1.165, 1.54) is 5.56 Å². The summed E-state index contributed by atoms with van der Waals surface area (Å²) in [5.41, 5.74) is 8.37. The van der Waals surface area contributed by atoms with Crippen LogP contribution < -0.4 is 4.74 Å². The van der Waals surface area contributed by atoms with E-state index in [2.05, 4.69) is 52.2 Å². The first-order chi connectivity index (χ1) is 24.1. The molecule has 6 rings (SSSR count). The van der Waals surface area contributed by atoms with Crippen LogP contribution in [-0.2, 0) is 42.0 Å². The van der Waals surface area contributed by atoms with E-state index in [-0.39, 0.29) is 18.2 Å². The number of aromatic nitrogens is 4. The number of benzene rings is 2. The second-order valence-corrected chi connectivity index (χ2v) is 15.7. The van der Waals surface area contributed by atoms with Crippen molar-refractivity contribution in [1.29, 1.82) is 0 Å². The highest BCUT2D eigenvalue weighted by Gasteiger charge is 2.29. The van der Waals surface area contributed by atoms with Gasteiger partial charge in [0.2, 0.25) is 0 Å². The number of nitrogens with one attached hydrogen (secondary N) is 2. The quantitative estimate of drug-likeness (QED) is 0.179. The van der Waals surface area contributed by atoms with Crippen molar-refractivity contribution in [3.8, 4) is 39.4 Å². The number of aryl methyl sites for hydroxylation is 2. The van der Waals surface area contributed by atoms with Crippen molar-refractivity contribution < 1.29 is 23.8 Å². The lowest BCUT2D eigenvalue weighted by atomic mass is 9.86. The van der Waals surface area contributed by atoms with Gasteiger partial charge in [-0.25, -0.2) is 19.6 Å². The van der Waals surface area contributed by atoms with E-state index < -0.39 is 11.2 Å². The molecule has 0 saturated heterocycles. The second kappa shape index (κ2) is 14.1. The number of aromatic amines is 2. The summed E-state index contributed by atoms with van der Waals surface area (Å²) in [5, 5.41) is 0. The average molecular weight is 697 g/mol. The van der Waals surface area contributed by atoms with E-state index in [0.29, 0.717) is 32.1 Å². The zero-order valence-corrected chi connectivity index (χ0v) is 31.5. The first kappa shape index (κ1) is 36.0. The molecule has 2 aromatic heterocycles. The van der Waals surface area contributed by atoms with Crippen LogP contribution in [0.15, 0.2) is 36.5 Å². The molecule has 0 saturated carbocycles. The van der Waals surface area contributed by atoms with Gasteiger partial charge in [0.05, 0.1) is 30.7 Å². The smallest absolute Gasteiger partial charge is 0.410 e. The van der Waals surface area contributed by atoms with Crippen LogP contribution in [0, 0.1) is 0 Å². The average Bonchev–Trinajstić information content (AvgIpc) is 3.71. The largest absolute Gasteiger partial charge is 0.488 e. The van der Waals surface area contributed by atoms with E-state index in [1.807, 2.05) is 61.6 Å². The van der Waals surface area contributed by atoms with E-state index in [1.54, 1.807) is 9.80 Å². The SMILES string of the molecule is CCCN(Cc1nc2c([nH]1)CCc1cc3c(cc1-2)OCc1cc(-c2cnc(CN(C(=O)OC(C)(C)C)[C@@H](C)CC)[nH]2)ccc1-3)C(=O)OC(C)(C)C. The van der Waals surface area contributed by atoms with E-state index in [0.717, 1.165) is 82.2 Å². The van der Waals surface area contributed by atoms with Crippen LogP contribution in [0.4, 0.5) is 9.59 Å². The molecule has 0 spiro atoms. The highest BCUT2D eigenvalue weighted by atomic mass is 16.6. The van der Waals surface area contributed by atoms with Gasteiger partial charge < -0.3 is 29.1 Å². The summed E-state index contributed by atoms with van der Waals surface area (Å²) in [5.74, 6) is 2.29. The Morgan fingerprint density at radius 3 is 2.33 bits per heavy atom. The van der Waals surface area contributed by atoms with Crippen molar-refractivity contribution in [2.75, 3.05) is 6.54 Å². The van der Waals surface area contributed by atoms with Crippen LogP contribution in [0.5, 0.6) is 5.75 Å². The Kier molecular flexibility index (Phi) is 9.94. The molecule has 2 aromatic carbocycles. The van der Waals surface area contributed by atoms with Crippen LogP contribution in [-0.4, -0.2) is 65.7 Å². The Morgan fingerprint density at radius 2 is 1.63 bits per heavy atom. The Balaban J connectivity index is 1.21. The monoisotopic (exact) mass is 696 g/mol.